The van der Waals surface area contributed by atoms with Crippen LogP contribution >= 0.6 is 0 Å². The summed E-state index contributed by atoms with van der Waals surface area (Å²) in [6.07, 6.45) is 0.263. The van der Waals surface area contributed by atoms with Crippen molar-refractivity contribution in [1.82, 2.24) is 0 Å². The first kappa shape index (κ1) is 19.1. The van der Waals surface area contributed by atoms with E-state index in [9.17, 15) is 9.59 Å². The van der Waals surface area contributed by atoms with Crippen LogP contribution in [0.1, 0.15) is 16.8 Å². The predicted molar refractivity (Wildman–Crippen MR) is 99.1 cm³/mol. The number of hydrogen-bond donors (Lipinski definition) is 2. The third kappa shape index (κ3) is 5.14. The number of nitrogens with one attached hydrogen (secondary N) is 2. The minimum Gasteiger partial charge on any atom is -0.497 e. The van der Waals surface area contributed by atoms with E-state index in [0.29, 0.717) is 29.3 Å². The Labute approximate surface area is 152 Å². The molecular weight excluding hydrogens is 336 g/mol. The van der Waals surface area contributed by atoms with Gasteiger partial charge in [0, 0.05) is 24.7 Å². The molecule has 0 aromatic heterocycles. The highest BCUT2D eigenvalue weighted by Crippen LogP contribution is 2.28. The maximum absolute atomic E-state index is 12.1. The van der Waals surface area contributed by atoms with Gasteiger partial charge < -0.3 is 24.8 Å². The molecule has 0 fully saturated rings. The minimum atomic E-state index is -0.386. The second-order valence-electron chi connectivity index (χ2n) is 5.36. The molecule has 0 saturated carbocycles. The number of rotatable bonds is 8. The number of benzene rings is 2. The van der Waals surface area contributed by atoms with Crippen LogP contribution in [0.2, 0.25) is 0 Å². The number of carbonyl (C=O) groups is 2. The highest BCUT2D eigenvalue weighted by Gasteiger charge is 2.09. The molecule has 0 spiro atoms. The topological polar surface area (TPSA) is 85.9 Å². The van der Waals surface area contributed by atoms with Gasteiger partial charge in [-0.2, -0.15) is 0 Å². The summed E-state index contributed by atoms with van der Waals surface area (Å²) < 4.78 is 15.0. The number of anilines is 2. The number of amides is 1. The third-order valence-electron chi connectivity index (χ3n) is 3.67. The largest absolute Gasteiger partial charge is 0.497 e. The second kappa shape index (κ2) is 9.31. The third-order valence-corrected chi connectivity index (χ3v) is 3.67. The Hall–Kier alpha value is -3.22. The van der Waals surface area contributed by atoms with Crippen LogP contribution in [0.4, 0.5) is 11.4 Å². The van der Waals surface area contributed by atoms with Crippen LogP contribution in [-0.2, 0) is 9.53 Å². The van der Waals surface area contributed by atoms with Crippen LogP contribution in [0.5, 0.6) is 11.5 Å². The summed E-state index contributed by atoms with van der Waals surface area (Å²) in [5, 5.41) is 5.94. The first-order valence-corrected chi connectivity index (χ1v) is 8.01. The van der Waals surface area contributed by atoms with Gasteiger partial charge in [0.05, 0.1) is 32.6 Å². The maximum Gasteiger partial charge on any atom is 0.337 e. The highest BCUT2D eigenvalue weighted by molar-refractivity contribution is 5.93. The van der Waals surface area contributed by atoms with Gasteiger partial charge in [-0.05, 0) is 36.4 Å². The molecule has 7 nitrogen and oxygen atoms in total. The van der Waals surface area contributed by atoms with Crippen molar-refractivity contribution in [3.05, 3.63) is 48.0 Å². The zero-order valence-electron chi connectivity index (χ0n) is 15.0. The molecule has 0 aliphatic rings. The van der Waals surface area contributed by atoms with E-state index in [0.717, 1.165) is 5.69 Å². The Morgan fingerprint density at radius 3 is 2.31 bits per heavy atom. The Bertz CT molecular complexity index is 759. The van der Waals surface area contributed by atoms with Crippen molar-refractivity contribution in [2.75, 3.05) is 38.5 Å². The van der Waals surface area contributed by atoms with E-state index in [1.807, 2.05) is 0 Å². The van der Waals surface area contributed by atoms with Crippen molar-refractivity contribution >= 4 is 23.3 Å². The molecule has 2 aromatic carbocycles. The lowest BCUT2D eigenvalue weighted by Crippen LogP contribution is -2.16. The van der Waals surface area contributed by atoms with Crippen LogP contribution in [-0.4, -0.2) is 39.8 Å². The lowest BCUT2D eigenvalue weighted by molar-refractivity contribution is -0.116. The molecule has 26 heavy (non-hydrogen) atoms. The molecule has 0 aliphatic heterocycles. The lowest BCUT2D eigenvalue weighted by Gasteiger charge is -2.12. The number of ether oxygens (including phenoxy) is 3. The second-order valence-corrected chi connectivity index (χ2v) is 5.36. The minimum absolute atomic E-state index is 0.157. The van der Waals surface area contributed by atoms with E-state index in [2.05, 4.69) is 15.4 Å². The van der Waals surface area contributed by atoms with Gasteiger partial charge >= 0.3 is 5.97 Å². The Morgan fingerprint density at radius 1 is 0.962 bits per heavy atom. The standard InChI is InChI=1S/C19H22N2O5/c1-24-15-8-9-17(25-2)16(12-15)21-18(22)10-11-20-14-6-4-13(5-7-14)19(23)26-3/h4-9,12,20H,10-11H2,1-3H3,(H,21,22). The quantitative estimate of drug-likeness (QED) is 0.706. The van der Waals surface area contributed by atoms with E-state index < -0.39 is 0 Å². The molecule has 0 bridgehead atoms. The average molecular weight is 358 g/mol. The fraction of sp³-hybridized carbons (Fsp3) is 0.263. The van der Waals surface area contributed by atoms with Crippen LogP contribution in [0.3, 0.4) is 0 Å². The van der Waals surface area contributed by atoms with Crippen LogP contribution < -0.4 is 20.1 Å². The Morgan fingerprint density at radius 2 is 1.69 bits per heavy atom. The molecule has 2 rings (SSSR count). The van der Waals surface area contributed by atoms with Crippen LogP contribution in [0.25, 0.3) is 0 Å². The molecule has 2 aromatic rings. The molecule has 1 amide bonds. The van der Waals surface area contributed by atoms with E-state index >= 15 is 0 Å². The van der Waals surface area contributed by atoms with Crippen molar-refractivity contribution in [2.24, 2.45) is 0 Å². The summed E-state index contributed by atoms with van der Waals surface area (Å²) in [6, 6.07) is 12.0. The van der Waals surface area contributed by atoms with Crippen LogP contribution in [0, 0.1) is 0 Å². The highest BCUT2D eigenvalue weighted by atomic mass is 16.5. The van der Waals surface area contributed by atoms with Gasteiger partial charge in [0.2, 0.25) is 5.91 Å². The first-order chi connectivity index (χ1) is 12.6. The average Bonchev–Trinajstić information content (AvgIpc) is 2.67. The van der Waals surface area contributed by atoms with Gasteiger partial charge in [-0.25, -0.2) is 4.79 Å². The van der Waals surface area contributed by atoms with Gasteiger partial charge in [-0.15, -0.1) is 0 Å². The van der Waals surface area contributed by atoms with Crippen molar-refractivity contribution in [2.45, 2.75) is 6.42 Å². The van der Waals surface area contributed by atoms with Gasteiger partial charge in [0.1, 0.15) is 11.5 Å². The van der Waals surface area contributed by atoms with Crippen molar-refractivity contribution < 1.29 is 23.8 Å². The summed E-state index contributed by atoms with van der Waals surface area (Å²) in [5.74, 6) is 0.647. The number of esters is 1. The molecule has 0 atom stereocenters. The molecule has 2 N–H and O–H groups in total. The first-order valence-electron chi connectivity index (χ1n) is 8.01. The fourth-order valence-corrected chi connectivity index (χ4v) is 2.29. The predicted octanol–water partition coefficient (Wildman–Crippen LogP) is 2.93. The Balaban J connectivity index is 1.86. The number of carbonyl (C=O) groups excluding carboxylic acids is 2. The summed E-state index contributed by atoms with van der Waals surface area (Å²) in [7, 11) is 4.43. The SMILES string of the molecule is COC(=O)c1ccc(NCCC(=O)Nc2cc(OC)ccc2OC)cc1. The fourth-order valence-electron chi connectivity index (χ4n) is 2.29. The van der Waals surface area contributed by atoms with Gasteiger partial charge in [-0.3, -0.25) is 4.79 Å². The van der Waals surface area contributed by atoms with Gasteiger partial charge in [0.25, 0.3) is 0 Å². The van der Waals surface area contributed by atoms with E-state index in [-0.39, 0.29) is 18.3 Å². The summed E-state index contributed by atoms with van der Waals surface area (Å²) in [4.78, 5) is 23.5. The normalized spacial score (nSPS) is 9.96. The number of methoxy groups -OCH3 is 3. The van der Waals surface area contributed by atoms with E-state index in [1.165, 1.54) is 14.2 Å². The molecule has 138 valence electrons. The zero-order valence-corrected chi connectivity index (χ0v) is 15.0. The van der Waals surface area contributed by atoms with Crippen LogP contribution in [0.15, 0.2) is 42.5 Å². The van der Waals surface area contributed by atoms with Crippen molar-refractivity contribution in [3.63, 3.8) is 0 Å². The zero-order chi connectivity index (χ0) is 18.9. The molecule has 0 unspecified atom stereocenters. The smallest absolute Gasteiger partial charge is 0.337 e. The molecule has 0 aliphatic carbocycles. The molecule has 7 heteroatoms. The molecular formula is C19H22N2O5. The van der Waals surface area contributed by atoms with Crippen molar-refractivity contribution in [1.29, 1.82) is 0 Å². The summed E-state index contributed by atoms with van der Waals surface area (Å²) in [6.45, 7) is 0.440. The summed E-state index contributed by atoms with van der Waals surface area (Å²) >= 11 is 0. The van der Waals surface area contributed by atoms with E-state index in [4.69, 9.17) is 9.47 Å². The summed E-state index contributed by atoms with van der Waals surface area (Å²) in [5.41, 5.74) is 1.84. The maximum atomic E-state index is 12.1. The number of hydrogen-bond acceptors (Lipinski definition) is 6. The molecule has 0 heterocycles. The van der Waals surface area contributed by atoms with E-state index in [1.54, 1.807) is 49.6 Å². The lowest BCUT2D eigenvalue weighted by atomic mass is 10.2. The van der Waals surface area contributed by atoms with Gasteiger partial charge in [-0.1, -0.05) is 0 Å². The molecule has 0 saturated heterocycles. The van der Waals surface area contributed by atoms with Gasteiger partial charge in [0.15, 0.2) is 0 Å². The Kier molecular flexibility index (Phi) is 6.84. The van der Waals surface area contributed by atoms with Crippen molar-refractivity contribution in [3.8, 4) is 11.5 Å². The molecule has 0 radical (unpaired) electrons. The monoisotopic (exact) mass is 358 g/mol.